The highest BCUT2D eigenvalue weighted by atomic mass is 35.5. The minimum absolute atomic E-state index is 0.159. The predicted molar refractivity (Wildman–Crippen MR) is 243 cm³/mol. The fraction of sp³-hybridized carbons (Fsp3) is 0.182. The van der Waals surface area contributed by atoms with Crippen LogP contribution in [-0.2, 0) is 31.5 Å². The van der Waals surface area contributed by atoms with Crippen molar-refractivity contribution in [2.75, 3.05) is 21.3 Å². The zero-order valence-corrected chi connectivity index (χ0v) is 38.3. The fourth-order valence-corrected chi connectivity index (χ4v) is 6.99. The molecule has 0 heterocycles. The molecule has 14 nitrogen and oxygen atoms in total. The van der Waals surface area contributed by atoms with Gasteiger partial charge in [-0.1, -0.05) is 70.7 Å². The molecule has 0 fully saturated rings. The number of azo groups is 2. The van der Waals surface area contributed by atoms with Crippen molar-refractivity contribution in [3.05, 3.63) is 138 Å². The Morgan fingerprint density at radius 1 is 0.515 bits per heavy atom. The number of alkyl halides is 6. The Hall–Kier alpha value is -6.74. The Labute approximate surface area is 401 Å². The average molecular weight is 1020 g/mol. The van der Waals surface area contributed by atoms with Gasteiger partial charge in [-0.3, -0.25) is 28.8 Å². The molecule has 0 saturated carbocycles. The number of benzene rings is 5. The topological polar surface area (TPSA) is 200 Å². The minimum atomic E-state index is -4.86. The molecule has 5 aromatic rings. The first-order chi connectivity index (χ1) is 31.8. The molecule has 4 amide bonds. The molecule has 0 aliphatic carbocycles. The molecule has 0 saturated heterocycles. The van der Waals surface area contributed by atoms with Gasteiger partial charge in [-0.2, -0.15) is 46.8 Å². The van der Waals surface area contributed by atoms with Crippen LogP contribution < -0.4 is 21.3 Å². The zero-order valence-electron chi connectivity index (χ0n) is 35.3. The van der Waals surface area contributed by atoms with Crippen LogP contribution in [0.15, 0.2) is 105 Å². The first-order valence-corrected chi connectivity index (χ1v) is 20.8. The van der Waals surface area contributed by atoms with Crippen molar-refractivity contribution in [3.8, 4) is 0 Å². The Balaban J connectivity index is 1.29. The van der Waals surface area contributed by atoms with Crippen molar-refractivity contribution in [1.82, 2.24) is 0 Å². The third kappa shape index (κ3) is 12.4. The Kier molecular flexibility index (Phi) is 16.5. The number of anilines is 4. The van der Waals surface area contributed by atoms with Crippen LogP contribution in [0.4, 0.5) is 60.5 Å². The molecule has 354 valence electrons. The summed E-state index contributed by atoms with van der Waals surface area (Å²) in [5, 5.41) is 23.2. The van der Waals surface area contributed by atoms with Gasteiger partial charge in [-0.15, -0.1) is 0 Å². The second-order valence-electron chi connectivity index (χ2n) is 14.4. The molecule has 68 heavy (non-hydrogen) atoms. The van der Waals surface area contributed by atoms with Crippen molar-refractivity contribution in [2.45, 2.75) is 52.1 Å². The fourth-order valence-electron chi connectivity index (χ4n) is 6.05. The highest BCUT2D eigenvalue weighted by Gasteiger charge is 2.36. The lowest BCUT2D eigenvalue weighted by Crippen LogP contribution is -2.32. The van der Waals surface area contributed by atoms with Crippen LogP contribution in [-0.4, -0.2) is 47.3 Å². The molecule has 0 aliphatic rings. The number of halogens is 10. The molecule has 4 N–H and O–H groups in total. The largest absolute Gasteiger partial charge is 0.418 e. The molecule has 0 aromatic heterocycles. The maximum absolute atomic E-state index is 13.6. The van der Waals surface area contributed by atoms with E-state index in [2.05, 4.69) is 41.7 Å². The number of para-hydroxylation sites is 2. The van der Waals surface area contributed by atoms with Crippen LogP contribution in [0, 0.1) is 13.8 Å². The molecule has 2 unspecified atom stereocenters. The first kappa shape index (κ1) is 52.2. The van der Waals surface area contributed by atoms with Crippen molar-refractivity contribution in [2.24, 2.45) is 20.5 Å². The Morgan fingerprint density at radius 3 is 1.18 bits per heavy atom. The van der Waals surface area contributed by atoms with Crippen molar-refractivity contribution in [1.29, 1.82) is 0 Å². The molecule has 0 aliphatic heterocycles. The lowest BCUT2D eigenvalue weighted by Gasteiger charge is -2.17. The van der Waals surface area contributed by atoms with E-state index < -0.39 is 92.2 Å². The van der Waals surface area contributed by atoms with E-state index >= 15 is 0 Å². The molecule has 5 rings (SSSR count). The molecule has 5 aromatic carbocycles. The maximum Gasteiger partial charge on any atom is 0.418 e. The number of carbonyl (C=O) groups is 6. The van der Waals surface area contributed by atoms with E-state index in [1.165, 1.54) is 62.4 Å². The van der Waals surface area contributed by atoms with Gasteiger partial charge in [-0.25, -0.2) is 0 Å². The van der Waals surface area contributed by atoms with Gasteiger partial charge in [0.15, 0.2) is 11.6 Å². The van der Waals surface area contributed by atoms with Gasteiger partial charge in [0, 0.05) is 11.4 Å². The van der Waals surface area contributed by atoms with E-state index in [0.717, 1.165) is 50.2 Å². The summed E-state index contributed by atoms with van der Waals surface area (Å²) in [7, 11) is 0. The number of amides is 4. The predicted octanol–water partition coefficient (Wildman–Crippen LogP) is 12.8. The second-order valence-corrected chi connectivity index (χ2v) is 16.0. The first-order valence-electron chi connectivity index (χ1n) is 19.3. The molecular weight excluding hydrogens is 992 g/mol. The number of nitrogens with one attached hydrogen (secondary N) is 4. The summed E-state index contributed by atoms with van der Waals surface area (Å²) in [5.74, 6) is -5.64. The minimum Gasteiger partial charge on any atom is -0.324 e. The van der Waals surface area contributed by atoms with Crippen molar-refractivity contribution < 1.29 is 55.1 Å². The molecule has 24 heteroatoms. The van der Waals surface area contributed by atoms with Gasteiger partial charge >= 0.3 is 12.4 Å². The average Bonchev–Trinajstić information content (AvgIpc) is 3.24. The molecule has 0 radical (unpaired) electrons. The molecule has 0 bridgehead atoms. The normalized spacial score (nSPS) is 12.7. The number of hydrogen-bond acceptors (Lipinski definition) is 10. The summed E-state index contributed by atoms with van der Waals surface area (Å²) in [4.78, 5) is 78.2. The van der Waals surface area contributed by atoms with E-state index in [1.807, 2.05) is 0 Å². The number of carbonyl (C=O) groups excluding carboxylic acids is 6. The lowest BCUT2D eigenvalue weighted by molar-refractivity contribution is -0.137. The van der Waals surface area contributed by atoms with E-state index in [4.69, 9.17) is 46.4 Å². The van der Waals surface area contributed by atoms with Crippen LogP contribution >= 0.6 is 46.4 Å². The lowest BCUT2D eigenvalue weighted by atomic mass is 10.1. The number of ketones is 2. The van der Waals surface area contributed by atoms with Crippen molar-refractivity contribution in [3.63, 3.8) is 0 Å². The standard InChI is InChI=1S/C44H32Cl4F6N8O6/c1-19-17-32(56-42(68)36(22(4)64)62-60-30-16-6-10-24(34(30)48)40(66)58-38-26(44(52,53)54)12-8-14-28(38)46)20(2)18-31(19)55-41(67)35(21(3)63)61-59-29-15-5-9-23(33(29)47)39(65)57-37-25(43(49,50)51)11-7-13-27(37)45/h5-18,35-36H,1-4H3,(H,55,67)(H,56,68)(H,57,65)(H,58,66). The third-order valence-corrected chi connectivity index (χ3v) is 10.9. The summed E-state index contributed by atoms with van der Waals surface area (Å²) in [6.07, 6.45) is -9.72. The monoisotopic (exact) mass is 1020 g/mol. The van der Waals surface area contributed by atoms with Crippen molar-refractivity contribution >= 4 is 116 Å². The van der Waals surface area contributed by atoms with Crippen LogP contribution in [0.2, 0.25) is 20.1 Å². The van der Waals surface area contributed by atoms with Gasteiger partial charge in [0.05, 0.1) is 53.7 Å². The van der Waals surface area contributed by atoms with Crippen LogP contribution in [0.3, 0.4) is 0 Å². The third-order valence-electron chi connectivity index (χ3n) is 9.48. The number of nitrogens with zero attached hydrogens (tertiary/aromatic N) is 4. The van der Waals surface area contributed by atoms with Gasteiger partial charge in [0.25, 0.3) is 23.6 Å². The number of rotatable bonds is 14. The van der Waals surface area contributed by atoms with Crippen LogP contribution in [0.1, 0.15) is 56.8 Å². The second kappa shape index (κ2) is 21.5. The highest BCUT2D eigenvalue weighted by molar-refractivity contribution is 6.38. The number of aryl methyl sites for hydroxylation is 2. The molecule has 0 spiro atoms. The van der Waals surface area contributed by atoms with Gasteiger partial charge < -0.3 is 21.3 Å². The summed E-state index contributed by atoms with van der Waals surface area (Å²) in [6.45, 7) is 5.18. The van der Waals surface area contributed by atoms with E-state index in [9.17, 15) is 55.1 Å². The number of Topliss-reactive ketones (excluding diaryl/α,β-unsaturated/α-hetero) is 2. The van der Waals surface area contributed by atoms with E-state index in [1.54, 1.807) is 0 Å². The molecule has 2 atom stereocenters. The van der Waals surface area contributed by atoms with Crippen LogP contribution in [0.25, 0.3) is 0 Å². The van der Waals surface area contributed by atoms with Gasteiger partial charge in [-0.05, 0) is 99.5 Å². The summed E-state index contributed by atoms with van der Waals surface area (Å²) >= 11 is 24.7. The summed E-state index contributed by atoms with van der Waals surface area (Å²) in [5.41, 5.74) is -3.95. The Bertz CT molecular complexity index is 2740. The Morgan fingerprint density at radius 2 is 0.853 bits per heavy atom. The summed E-state index contributed by atoms with van der Waals surface area (Å²) < 4.78 is 81.7. The quantitative estimate of drug-likeness (QED) is 0.0484. The van der Waals surface area contributed by atoms with Gasteiger partial charge in [0.1, 0.15) is 11.4 Å². The molecular formula is C44H32Cl4F6N8O6. The summed E-state index contributed by atoms with van der Waals surface area (Å²) in [6, 6.07) is 12.7. The zero-order chi connectivity index (χ0) is 50.4. The highest BCUT2D eigenvalue weighted by Crippen LogP contribution is 2.41. The number of hydrogen-bond donors (Lipinski definition) is 4. The van der Waals surface area contributed by atoms with E-state index in [-0.39, 0.29) is 43.9 Å². The smallest absolute Gasteiger partial charge is 0.324 e. The SMILES string of the molecule is CC(=O)C(N=Nc1cccc(C(=O)Nc2c(Cl)cccc2C(F)(F)F)c1Cl)C(=O)Nc1cc(C)c(NC(=O)C(N=Nc2cccc(C(=O)Nc3c(Cl)cccc3C(F)(F)F)c2Cl)C(C)=O)cc1C. The van der Waals surface area contributed by atoms with E-state index in [0.29, 0.717) is 11.1 Å². The van der Waals surface area contributed by atoms with Gasteiger partial charge in [0.2, 0.25) is 12.1 Å². The maximum atomic E-state index is 13.6. The van der Waals surface area contributed by atoms with Crippen LogP contribution in [0.5, 0.6) is 0 Å².